The summed E-state index contributed by atoms with van der Waals surface area (Å²) in [5.41, 5.74) is 11.4. The molecule has 0 fully saturated rings. The van der Waals surface area contributed by atoms with Gasteiger partial charge in [-0.3, -0.25) is 0 Å². The van der Waals surface area contributed by atoms with Crippen molar-refractivity contribution in [2.24, 2.45) is 11.5 Å². The van der Waals surface area contributed by atoms with E-state index in [0.29, 0.717) is 59.5 Å². The summed E-state index contributed by atoms with van der Waals surface area (Å²) in [5, 5.41) is 0. The van der Waals surface area contributed by atoms with Gasteiger partial charge in [0, 0.05) is 12.1 Å². The van der Waals surface area contributed by atoms with Crippen molar-refractivity contribution < 1.29 is 37.9 Å². The van der Waals surface area contributed by atoms with Crippen LogP contribution in [0.25, 0.3) is 0 Å². The fourth-order valence-corrected chi connectivity index (χ4v) is 2.87. The second-order valence-electron chi connectivity index (χ2n) is 10.5. The predicted molar refractivity (Wildman–Crippen MR) is 146 cm³/mol. The lowest BCUT2D eigenvalue weighted by molar-refractivity contribution is -0.107. The van der Waals surface area contributed by atoms with Gasteiger partial charge in [-0.05, 0) is 62.3 Å². The molecule has 224 valence electrons. The molecule has 10 heteroatoms. The highest BCUT2D eigenvalue weighted by Gasteiger charge is 2.14. The van der Waals surface area contributed by atoms with Crippen LogP contribution in [0.2, 0.25) is 0 Å². The van der Waals surface area contributed by atoms with Gasteiger partial charge in [-0.15, -0.1) is 0 Å². The summed E-state index contributed by atoms with van der Waals surface area (Å²) < 4.78 is 46.1. The van der Waals surface area contributed by atoms with Crippen LogP contribution in [0.5, 0.6) is 0 Å². The average molecular weight is 539 g/mol. The van der Waals surface area contributed by atoms with Gasteiger partial charge in [-0.2, -0.15) is 0 Å². The van der Waals surface area contributed by atoms with Crippen LogP contribution in [0.4, 0.5) is 0 Å². The Hall–Kier alpha value is -0.400. The van der Waals surface area contributed by atoms with Gasteiger partial charge in [0.1, 0.15) is 0 Å². The maximum atomic E-state index is 5.87. The first-order valence-electron chi connectivity index (χ1n) is 13.8. The van der Waals surface area contributed by atoms with E-state index in [0.717, 1.165) is 0 Å². The largest absolute Gasteiger partial charge is 0.377 e. The van der Waals surface area contributed by atoms with E-state index < -0.39 is 0 Å². The Morgan fingerprint density at radius 3 is 0.784 bits per heavy atom. The maximum absolute atomic E-state index is 5.87. The van der Waals surface area contributed by atoms with Crippen molar-refractivity contribution >= 4 is 0 Å². The van der Waals surface area contributed by atoms with E-state index in [2.05, 4.69) is 0 Å². The van der Waals surface area contributed by atoms with E-state index in [1.54, 1.807) is 0 Å². The lowest BCUT2D eigenvalue weighted by Crippen LogP contribution is -2.31. The van der Waals surface area contributed by atoms with E-state index in [-0.39, 0.29) is 54.8 Å². The molecule has 0 radical (unpaired) electrons. The Bertz CT molecular complexity index is 515. The lowest BCUT2D eigenvalue weighted by Gasteiger charge is -2.23. The van der Waals surface area contributed by atoms with E-state index in [9.17, 15) is 0 Å². The van der Waals surface area contributed by atoms with Crippen molar-refractivity contribution in [3.63, 3.8) is 0 Å². The zero-order chi connectivity index (χ0) is 28.2. The fourth-order valence-electron chi connectivity index (χ4n) is 2.87. The Morgan fingerprint density at radius 2 is 0.541 bits per heavy atom. The fraction of sp³-hybridized carbons (Fsp3) is 1.00. The molecule has 0 aromatic heterocycles. The van der Waals surface area contributed by atoms with Crippen molar-refractivity contribution in [3.05, 3.63) is 0 Å². The first kappa shape index (κ1) is 36.6. The van der Waals surface area contributed by atoms with Crippen LogP contribution in [0, 0.1) is 0 Å². The highest BCUT2D eigenvalue weighted by atomic mass is 16.6. The third kappa shape index (κ3) is 24.4. The molecular weight excluding hydrogens is 480 g/mol. The summed E-state index contributed by atoms with van der Waals surface area (Å²) in [4.78, 5) is 0. The molecule has 0 aliphatic heterocycles. The summed E-state index contributed by atoms with van der Waals surface area (Å²) in [6, 6.07) is 0.0505. The van der Waals surface area contributed by atoms with E-state index >= 15 is 0 Å². The van der Waals surface area contributed by atoms with Crippen molar-refractivity contribution in [1.82, 2.24) is 0 Å². The molecule has 37 heavy (non-hydrogen) atoms. The number of hydrogen-bond acceptors (Lipinski definition) is 10. The van der Waals surface area contributed by atoms with Gasteiger partial charge in [0.2, 0.25) is 0 Å². The average Bonchev–Trinajstić information content (AvgIpc) is 2.84. The monoisotopic (exact) mass is 538 g/mol. The van der Waals surface area contributed by atoms with Gasteiger partial charge < -0.3 is 49.4 Å². The minimum Gasteiger partial charge on any atom is -0.377 e. The van der Waals surface area contributed by atoms with Gasteiger partial charge in [-0.1, -0.05) is 0 Å². The summed E-state index contributed by atoms with van der Waals surface area (Å²) in [6.07, 6.45) is -0.228. The molecule has 0 heterocycles. The summed E-state index contributed by atoms with van der Waals surface area (Å²) in [5.74, 6) is 0. The molecule has 0 spiro atoms. The van der Waals surface area contributed by atoms with Crippen LogP contribution < -0.4 is 11.5 Å². The molecule has 0 aliphatic rings. The van der Waals surface area contributed by atoms with Gasteiger partial charge in [0.05, 0.1) is 102 Å². The second-order valence-corrected chi connectivity index (χ2v) is 10.5. The Morgan fingerprint density at radius 1 is 0.324 bits per heavy atom. The molecular formula is C27H58N2O8. The molecule has 0 rings (SSSR count). The molecule has 10 nitrogen and oxygen atoms in total. The molecule has 0 aromatic carbocycles. The number of hydrogen-bond donors (Lipinski definition) is 2. The summed E-state index contributed by atoms with van der Waals surface area (Å²) in [7, 11) is 0. The van der Waals surface area contributed by atoms with Crippen LogP contribution in [0.3, 0.4) is 0 Å². The van der Waals surface area contributed by atoms with Crippen LogP contribution >= 0.6 is 0 Å². The quantitative estimate of drug-likeness (QED) is 0.179. The number of rotatable bonds is 25. The molecule has 0 amide bonds. The second kappa shape index (κ2) is 22.4. The standard InChI is InChI=1S/C27H58N2O8/c1-19(28)10-30-12-21(3)32-14-23(5)34-16-25(7)36-18-27(9)37-17-26(8)35-15-24(6)33-13-22(4)31-11-20(2)29/h19-27H,10-18,28-29H2,1-9H3. The number of ether oxygens (including phenoxy) is 8. The van der Waals surface area contributed by atoms with E-state index in [1.165, 1.54) is 0 Å². The van der Waals surface area contributed by atoms with Crippen LogP contribution in [0.1, 0.15) is 62.3 Å². The molecule has 0 bridgehead atoms. The van der Waals surface area contributed by atoms with Gasteiger partial charge in [0.25, 0.3) is 0 Å². The smallest absolute Gasteiger partial charge is 0.0781 e. The minimum absolute atomic E-state index is 0.00106. The van der Waals surface area contributed by atoms with E-state index in [4.69, 9.17) is 49.4 Å². The normalized spacial score (nSPS) is 19.5. The van der Waals surface area contributed by atoms with Crippen LogP contribution in [-0.4, -0.2) is 114 Å². The maximum Gasteiger partial charge on any atom is 0.0781 e. The van der Waals surface area contributed by atoms with Gasteiger partial charge >= 0.3 is 0 Å². The summed E-state index contributed by atoms with van der Waals surface area (Å²) in [6.45, 7) is 22.2. The number of nitrogens with two attached hydrogens (primary N) is 2. The molecule has 0 saturated carbocycles. The van der Waals surface area contributed by atoms with Crippen molar-refractivity contribution in [3.8, 4) is 0 Å². The topological polar surface area (TPSA) is 126 Å². The highest BCUT2D eigenvalue weighted by Crippen LogP contribution is 2.05. The zero-order valence-electron chi connectivity index (χ0n) is 25.0. The van der Waals surface area contributed by atoms with Gasteiger partial charge in [-0.25, -0.2) is 0 Å². The third-order valence-corrected chi connectivity index (χ3v) is 5.07. The lowest BCUT2D eigenvalue weighted by atomic mass is 10.3. The molecule has 9 atom stereocenters. The Balaban J connectivity index is 3.83. The van der Waals surface area contributed by atoms with E-state index in [1.807, 2.05) is 62.3 Å². The molecule has 9 unspecified atom stereocenters. The van der Waals surface area contributed by atoms with Crippen LogP contribution in [0.15, 0.2) is 0 Å². The Kier molecular flexibility index (Phi) is 22.2. The Labute approximate surface area is 226 Å². The highest BCUT2D eigenvalue weighted by molar-refractivity contribution is 4.60. The molecule has 4 N–H and O–H groups in total. The zero-order valence-corrected chi connectivity index (χ0v) is 25.0. The third-order valence-electron chi connectivity index (χ3n) is 5.07. The minimum atomic E-state index is -0.0528. The van der Waals surface area contributed by atoms with Gasteiger partial charge in [0.15, 0.2) is 0 Å². The SMILES string of the molecule is CC(N)COCC(C)OCC(C)OCC(C)OCC(C)OCC(C)OCC(C)OCC(C)OCC(C)N. The van der Waals surface area contributed by atoms with Crippen molar-refractivity contribution in [2.45, 2.75) is 117 Å². The van der Waals surface area contributed by atoms with Crippen molar-refractivity contribution in [1.29, 1.82) is 0 Å². The first-order chi connectivity index (χ1) is 17.4. The summed E-state index contributed by atoms with van der Waals surface area (Å²) >= 11 is 0. The predicted octanol–water partition coefficient (Wildman–Crippen LogP) is 2.53. The molecule has 0 aliphatic carbocycles. The molecule has 0 aromatic rings. The van der Waals surface area contributed by atoms with Crippen LogP contribution in [-0.2, 0) is 37.9 Å². The first-order valence-corrected chi connectivity index (χ1v) is 13.8. The molecule has 0 saturated heterocycles. The van der Waals surface area contributed by atoms with Crippen molar-refractivity contribution in [2.75, 3.05) is 59.5 Å².